The van der Waals surface area contributed by atoms with Crippen molar-refractivity contribution >= 4 is 25.1 Å². The van der Waals surface area contributed by atoms with Crippen LogP contribution in [-0.2, 0) is 16.4 Å². The summed E-state index contributed by atoms with van der Waals surface area (Å²) >= 11 is 1.58. The zero-order valence-electron chi connectivity index (χ0n) is 14.0. The van der Waals surface area contributed by atoms with Crippen LogP contribution in [0.1, 0.15) is 33.6 Å². The van der Waals surface area contributed by atoms with E-state index in [2.05, 4.69) is 4.98 Å². The van der Waals surface area contributed by atoms with Crippen LogP contribution in [0.15, 0.2) is 28.4 Å². The number of hydrogen-bond acceptors (Lipinski definition) is 4. The lowest BCUT2D eigenvalue weighted by atomic mass is 10.1. The Morgan fingerprint density at radius 2 is 2.13 bits per heavy atom. The first-order valence-corrected chi connectivity index (χ1v) is 10.3. The highest BCUT2D eigenvalue weighted by Crippen LogP contribution is 2.52. The second kappa shape index (κ2) is 8.71. The van der Waals surface area contributed by atoms with E-state index in [1.54, 1.807) is 38.7 Å². The van der Waals surface area contributed by atoms with Gasteiger partial charge in [-0.15, -0.1) is 0 Å². The molecular weight excluding hydrogens is 335 g/mol. The molecule has 0 bridgehead atoms. The number of aryl methyl sites for hydroxylation is 1. The van der Waals surface area contributed by atoms with E-state index >= 15 is 0 Å². The summed E-state index contributed by atoms with van der Waals surface area (Å²) in [4.78, 5) is 25.8. The van der Waals surface area contributed by atoms with Crippen LogP contribution in [0.25, 0.3) is 0 Å². The second-order valence-electron chi connectivity index (χ2n) is 5.98. The number of allylic oxidation sites excluding steroid dienone is 1. The van der Waals surface area contributed by atoms with E-state index in [-0.39, 0.29) is 17.4 Å². The number of aliphatic carboxylic acids is 1. The molecule has 8 heteroatoms. The number of nitrogens with zero attached hydrogens (tertiary/aromatic N) is 2. The van der Waals surface area contributed by atoms with Crippen LogP contribution in [0.5, 0.6) is 0 Å². The maximum Gasteiger partial charge on any atom is 0.341 e. The van der Waals surface area contributed by atoms with E-state index in [0.717, 1.165) is 17.3 Å². The zero-order chi connectivity index (χ0) is 17.6. The summed E-state index contributed by atoms with van der Waals surface area (Å²) in [6, 6.07) is 0. The van der Waals surface area contributed by atoms with E-state index < -0.39 is 13.3 Å². The fourth-order valence-corrected chi connectivity index (χ4v) is 5.38. The number of carboxylic acid groups (broad SMARTS) is 1. The van der Waals surface area contributed by atoms with Crippen molar-refractivity contribution in [2.75, 3.05) is 11.9 Å². The smallest absolute Gasteiger partial charge is 0.341 e. The number of carboxylic acids is 1. The highest BCUT2D eigenvalue weighted by atomic mass is 32.2. The van der Waals surface area contributed by atoms with Crippen LogP contribution >= 0.6 is 19.1 Å². The van der Waals surface area contributed by atoms with E-state index in [1.165, 1.54) is 0 Å². The monoisotopic (exact) mass is 360 g/mol. The van der Waals surface area contributed by atoms with Gasteiger partial charge in [0, 0.05) is 31.4 Å². The fraction of sp³-hybridized carbons (Fsp3) is 0.600. The third-order valence-corrected chi connectivity index (χ3v) is 6.91. The predicted octanol–water partition coefficient (Wildman–Crippen LogP) is 3.58. The molecule has 130 valence electrons. The molecule has 1 aromatic rings. The molecule has 0 fully saturated rings. The third-order valence-electron chi connectivity index (χ3n) is 3.27. The molecule has 0 aliphatic carbocycles. The summed E-state index contributed by atoms with van der Waals surface area (Å²) < 4.78 is 14.3. The molecule has 1 heterocycles. The molecule has 0 aliphatic rings. The van der Waals surface area contributed by atoms with E-state index in [4.69, 9.17) is 0 Å². The number of imidazole rings is 1. The zero-order valence-corrected chi connectivity index (χ0v) is 15.7. The molecular formula is C15H25N2O4PS. The molecule has 0 spiro atoms. The molecule has 6 nitrogen and oxygen atoms in total. The molecule has 1 unspecified atom stereocenters. The molecule has 2 N–H and O–H groups in total. The van der Waals surface area contributed by atoms with Crippen LogP contribution in [0, 0.1) is 5.92 Å². The number of thioether (sulfide) groups is 1. The topological polar surface area (TPSA) is 92.4 Å². The Morgan fingerprint density at radius 1 is 1.48 bits per heavy atom. The minimum atomic E-state index is -3.82. The van der Waals surface area contributed by atoms with Gasteiger partial charge in [0.15, 0.2) is 5.16 Å². The van der Waals surface area contributed by atoms with Gasteiger partial charge in [0.25, 0.3) is 0 Å². The Kier molecular flexibility index (Phi) is 7.58. The van der Waals surface area contributed by atoms with Gasteiger partial charge in [-0.05, 0) is 25.7 Å². The van der Waals surface area contributed by atoms with E-state index in [0.29, 0.717) is 12.0 Å². The maximum atomic E-state index is 12.4. The highest BCUT2D eigenvalue weighted by Gasteiger charge is 2.32. The highest BCUT2D eigenvalue weighted by molar-refractivity contribution is 7.99. The van der Waals surface area contributed by atoms with Gasteiger partial charge in [0.05, 0.1) is 0 Å². The average molecular weight is 360 g/mol. The average Bonchev–Trinajstić information content (AvgIpc) is 2.77. The molecule has 1 aromatic heterocycles. The minimum absolute atomic E-state index is 0.00596. The normalized spacial score (nSPS) is 15.4. The van der Waals surface area contributed by atoms with E-state index in [9.17, 15) is 19.4 Å². The molecule has 0 amide bonds. The van der Waals surface area contributed by atoms with Gasteiger partial charge in [0.1, 0.15) is 5.31 Å². The molecule has 1 atom stereocenters. The summed E-state index contributed by atoms with van der Waals surface area (Å²) in [7, 11) is -1.91. The summed E-state index contributed by atoms with van der Waals surface area (Å²) in [6.45, 7) is 5.25. The van der Waals surface area contributed by atoms with Crippen molar-refractivity contribution in [2.45, 2.75) is 38.8 Å². The maximum absolute atomic E-state index is 12.4. The van der Waals surface area contributed by atoms with Crippen LogP contribution < -0.4 is 0 Å². The molecule has 1 rings (SSSR count). The van der Waals surface area contributed by atoms with Crippen LogP contribution in [-0.4, -0.2) is 37.4 Å². The number of carbonyl (C=O) groups is 1. The summed E-state index contributed by atoms with van der Waals surface area (Å²) in [5.41, 5.74) is 0.490. The van der Waals surface area contributed by atoms with Crippen molar-refractivity contribution in [2.24, 2.45) is 13.0 Å². The van der Waals surface area contributed by atoms with Crippen molar-refractivity contribution in [1.82, 2.24) is 9.55 Å². The Morgan fingerprint density at radius 3 is 2.61 bits per heavy atom. The van der Waals surface area contributed by atoms with Gasteiger partial charge in [-0.2, -0.15) is 0 Å². The Labute approximate surface area is 141 Å². The lowest BCUT2D eigenvalue weighted by molar-refractivity contribution is -0.132. The Balaban J connectivity index is 2.70. The SMILES string of the molecule is CC(CCCSc1nccn1C)=C(C(=O)O)P(=O)(O)CC(C)C. The van der Waals surface area contributed by atoms with Gasteiger partial charge in [-0.3, -0.25) is 4.57 Å². The summed E-state index contributed by atoms with van der Waals surface area (Å²) in [6.07, 6.45) is 4.80. The number of aromatic nitrogens is 2. The lowest BCUT2D eigenvalue weighted by Crippen LogP contribution is -2.09. The Hall–Kier alpha value is -1.04. The first kappa shape index (κ1) is 20.0. The van der Waals surface area contributed by atoms with Gasteiger partial charge in [0.2, 0.25) is 7.37 Å². The van der Waals surface area contributed by atoms with Gasteiger partial charge >= 0.3 is 5.97 Å². The summed E-state index contributed by atoms with van der Waals surface area (Å²) in [5.74, 6) is -0.549. The van der Waals surface area contributed by atoms with Crippen LogP contribution in [0.3, 0.4) is 0 Å². The second-order valence-corrected chi connectivity index (χ2v) is 9.26. The minimum Gasteiger partial charge on any atom is -0.477 e. The van der Waals surface area contributed by atoms with E-state index in [1.807, 2.05) is 17.8 Å². The Bertz CT molecular complexity index is 625. The largest absolute Gasteiger partial charge is 0.477 e. The quantitative estimate of drug-likeness (QED) is 0.303. The van der Waals surface area contributed by atoms with Crippen molar-refractivity contribution in [3.8, 4) is 0 Å². The van der Waals surface area contributed by atoms with Crippen LogP contribution in [0.2, 0.25) is 0 Å². The number of hydrogen-bond donors (Lipinski definition) is 2. The molecule has 0 aromatic carbocycles. The molecule has 0 radical (unpaired) electrons. The van der Waals surface area contributed by atoms with Gasteiger partial charge in [-0.1, -0.05) is 31.2 Å². The van der Waals surface area contributed by atoms with Crippen molar-refractivity contribution < 1.29 is 19.4 Å². The lowest BCUT2D eigenvalue weighted by Gasteiger charge is -2.17. The standard InChI is InChI=1S/C15H25N2O4PS/c1-11(2)10-22(20,21)13(14(18)19)12(3)6-5-9-23-15-16-7-8-17(15)4/h7-8,11H,5-6,9-10H2,1-4H3,(H,18,19)(H,20,21). The van der Waals surface area contributed by atoms with Crippen molar-refractivity contribution in [3.05, 3.63) is 23.3 Å². The molecule has 0 saturated heterocycles. The molecule has 0 saturated carbocycles. The van der Waals surface area contributed by atoms with Crippen molar-refractivity contribution in [3.63, 3.8) is 0 Å². The third kappa shape index (κ3) is 6.16. The predicted molar refractivity (Wildman–Crippen MR) is 93.0 cm³/mol. The number of rotatable bonds is 9. The fourth-order valence-electron chi connectivity index (χ4n) is 2.33. The molecule has 0 aliphatic heterocycles. The van der Waals surface area contributed by atoms with Gasteiger partial charge < -0.3 is 14.6 Å². The van der Waals surface area contributed by atoms with Gasteiger partial charge in [-0.25, -0.2) is 9.78 Å². The van der Waals surface area contributed by atoms with Crippen molar-refractivity contribution in [1.29, 1.82) is 0 Å². The first-order chi connectivity index (χ1) is 10.6. The van der Waals surface area contributed by atoms with Crippen LogP contribution in [0.4, 0.5) is 0 Å². The molecule has 23 heavy (non-hydrogen) atoms. The first-order valence-electron chi connectivity index (χ1n) is 7.50. The summed E-state index contributed by atoms with van der Waals surface area (Å²) in [5, 5.41) is 9.93.